The fourth-order valence-electron chi connectivity index (χ4n) is 2.38. The molecule has 0 radical (unpaired) electrons. The lowest BCUT2D eigenvalue weighted by molar-refractivity contribution is 0.0975. The smallest absolute Gasteiger partial charge is 0.163 e. The van der Waals surface area contributed by atoms with Gasteiger partial charge in [0.2, 0.25) is 0 Å². The van der Waals surface area contributed by atoms with Gasteiger partial charge >= 0.3 is 0 Å². The molecular formula is C18H21NO. The van der Waals surface area contributed by atoms with Crippen molar-refractivity contribution >= 4 is 11.5 Å². The van der Waals surface area contributed by atoms with Crippen LogP contribution in [0.2, 0.25) is 0 Å². The second kappa shape index (κ2) is 5.91. The average Bonchev–Trinajstić information content (AvgIpc) is 2.42. The quantitative estimate of drug-likeness (QED) is 0.664. The van der Waals surface area contributed by atoms with Crippen LogP contribution in [-0.4, -0.2) is 5.78 Å². The highest BCUT2D eigenvalue weighted by Crippen LogP contribution is 2.24. The molecule has 0 spiro atoms. The van der Waals surface area contributed by atoms with Crippen molar-refractivity contribution < 1.29 is 4.79 Å². The first-order valence-corrected chi connectivity index (χ1v) is 6.94. The Labute approximate surface area is 120 Å². The van der Waals surface area contributed by atoms with Gasteiger partial charge in [-0.3, -0.25) is 4.79 Å². The fraction of sp³-hybridized carbons (Fsp3) is 0.278. The highest BCUT2D eigenvalue weighted by atomic mass is 16.1. The third kappa shape index (κ3) is 3.08. The predicted molar refractivity (Wildman–Crippen MR) is 84.1 cm³/mol. The van der Waals surface area contributed by atoms with Crippen LogP contribution in [0.4, 0.5) is 5.69 Å². The SMILES string of the molecule is Cc1cccc(C(=O)CC(C)c2ccc(N)cc2)c1C. The number of anilines is 1. The maximum absolute atomic E-state index is 12.4. The largest absolute Gasteiger partial charge is 0.399 e. The molecule has 2 rings (SSSR count). The van der Waals surface area contributed by atoms with Crippen molar-refractivity contribution in [1.29, 1.82) is 0 Å². The lowest BCUT2D eigenvalue weighted by Crippen LogP contribution is -2.07. The zero-order valence-electron chi connectivity index (χ0n) is 12.3. The minimum atomic E-state index is 0.197. The van der Waals surface area contributed by atoms with E-state index < -0.39 is 0 Å². The van der Waals surface area contributed by atoms with Crippen LogP contribution < -0.4 is 5.73 Å². The molecule has 2 aromatic carbocycles. The molecule has 1 unspecified atom stereocenters. The summed E-state index contributed by atoms with van der Waals surface area (Å²) in [6.45, 7) is 6.13. The molecule has 0 fully saturated rings. The van der Waals surface area contributed by atoms with Crippen LogP contribution in [0.25, 0.3) is 0 Å². The van der Waals surface area contributed by atoms with E-state index in [1.165, 1.54) is 0 Å². The summed E-state index contributed by atoms with van der Waals surface area (Å²) in [7, 11) is 0. The van der Waals surface area contributed by atoms with Crippen molar-refractivity contribution in [2.45, 2.75) is 33.1 Å². The Morgan fingerprint density at radius 2 is 1.75 bits per heavy atom. The molecule has 0 aliphatic heterocycles. The average molecular weight is 267 g/mol. The first-order chi connectivity index (χ1) is 9.49. The Balaban J connectivity index is 2.15. The summed E-state index contributed by atoms with van der Waals surface area (Å²) in [5, 5.41) is 0. The number of aryl methyl sites for hydroxylation is 1. The molecule has 0 heterocycles. The summed E-state index contributed by atoms with van der Waals surface area (Å²) in [4.78, 5) is 12.4. The van der Waals surface area contributed by atoms with Crippen molar-refractivity contribution in [2.24, 2.45) is 0 Å². The zero-order chi connectivity index (χ0) is 14.7. The van der Waals surface area contributed by atoms with Crippen LogP contribution >= 0.6 is 0 Å². The van der Waals surface area contributed by atoms with E-state index in [1.807, 2.05) is 56.3 Å². The molecule has 0 aliphatic carbocycles. The number of hydrogen-bond donors (Lipinski definition) is 1. The first kappa shape index (κ1) is 14.3. The van der Waals surface area contributed by atoms with Crippen LogP contribution in [0.1, 0.15) is 46.3 Å². The molecule has 2 heteroatoms. The Morgan fingerprint density at radius 3 is 2.40 bits per heavy atom. The number of rotatable bonds is 4. The number of carbonyl (C=O) groups excluding carboxylic acids is 1. The molecule has 0 saturated heterocycles. The van der Waals surface area contributed by atoms with Gasteiger partial charge in [-0.25, -0.2) is 0 Å². The van der Waals surface area contributed by atoms with Crippen LogP contribution in [0.5, 0.6) is 0 Å². The second-order valence-electron chi connectivity index (χ2n) is 5.44. The van der Waals surface area contributed by atoms with Crippen molar-refractivity contribution in [3.63, 3.8) is 0 Å². The molecular weight excluding hydrogens is 246 g/mol. The normalized spacial score (nSPS) is 12.2. The third-order valence-corrected chi connectivity index (χ3v) is 3.90. The minimum Gasteiger partial charge on any atom is -0.399 e. The van der Waals surface area contributed by atoms with Gasteiger partial charge in [-0.2, -0.15) is 0 Å². The first-order valence-electron chi connectivity index (χ1n) is 6.94. The van der Waals surface area contributed by atoms with Crippen LogP contribution in [0, 0.1) is 13.8 Å². The summed E-state index contributed by atoms with van der Waals surface area (Å²) in [5.74, 6) is 0.401. The maximum Gasteiger partial charge on any atom is 0.163 e. The molecule has 2 nitrogen and oxygen atoms in total. The number of benzene rings is 2. The molecule has 2 aromatic rings. The van der Waals surface area contributed by atoms with Crippen molar-refractivity contribution in [3.8, 4) is 0 Å². The van der Waals surface area contributed by atoms with E-state index in [4.69, 9.17) is 5.73 Å². The van der Waals surface area contributed by atoms with E-state index in [-0.39, 0.29) is 11.7 Å². The number of hydrogen-bond acceptors (Lipinski definition) is 2. The maximum atomic E-state index is 12.4. The molecule has 0 bridgehead atoms. The fourth-order valence-corrected chi connectivity index (χ4v) is 2.38. The van der Waals surface area contributed by atoms with Gasteiger partial charge in [0.1, 0.15) is 0 Å². The monoisotopic (exact) mass is 267 g/mol. The molecule has 20 heavy (non-hydrogen) atoms. The summed E-state index contributed by atoms with van der Waals surface area (Å²) in [5.41, 5.74) is 10.7. The Kier molecular flexibility index (Phi) is 4.23. The van der Waals surface area contributed by atoms with Crippen molar-refractivity contribution in [1.82, 2.24) is 0 Å². The standard InChI is InChI=1S/C18H21NO/c1-12-5-4-6-17(14(12)3)18(20)11-13(2)15-7-9-16(19)10-8-15/h4-10,13H,11,19H2,1-3H3. The number of nitrogen functional groups attached to an aromatic ring is 1. The van der Waals surface area contributed by atoms with Gasteiger partial charge in [0.05, 0.1) is 0 Å². The molecule has 104 valence electrons. The Morgan fingerprint density at radius 1 is 1.10 bits per heavy atom. The van der Waals surface area contributed by atoms with Gasteiger partial charge in [0.25, 0.3) is 0 Å². The molecule has 0 amide bonds. The Bertz CT molecular complexity index is 614. The van der Waals surface area contributed by atoms with Gasteiger partial charge in [-0.15, -0.1) is 0 Å². The molecule has 0 saturated carbocycles. The summed E-state index contributed by atoms with van der Waals surface area (Å²) < 4.78 is 0. The molecule has 2 N–H and O–H groups in total. The highest BCUT2D eigenvalue weighted by Gasteiger charge is 2.15. The van der Waals surface area contributed by atoms with Crippen LogP contribution in [0.3, 0.4) is 0 Å². The number of ketones is 1. The van der Waals surface area contributed by atoms with Crippen LogP contribution in [-0.2, 0) is 0 Å². The van der Waals surface area contributed by atoms with Crippen molar-refractivity contribution in [2.75, 3.05) is 5.73 Å². The van der Waals surface area contributed by atoms with Gasteiger partial charge in [0.15, 0.2) is 5.78 Å². The zero-order valence-corrected chi connectivity index (χ0v) is 12.3. The lowest BCUT2D eigenvalue weighted by Gasteiger charge is -2.13. The second-order valence-corrected chi connectivity index (χ2v) is 5.44. The van der Waals surface area contributed by atoms with Gasteiger partial charge < -0.3 is 5.73 Å². The predicted octanol–water partition coefficient (Wildman–Crippen LogP) is 4.26. The van der Waals surface area contributed by atoms with Gasteiger partial charge in [-0.05, 0) is 48.6 Å². The van der Waals surface area contributed by atoms with Crippen molar-refractivity contribution in [3.05, 3.63) is 64.7 Å². The lowest BCUT2D eigenvalue weighted by atomic mass is 9.91. The summed E-state index contributed by atoms with van der Waals surface area (Å²) in [6.07, 6.45) is 0.522. The van der Waals surface area contributed by atoms with E-state index in [2.05, 4.69) is 6.92 Å². The third-order valence-electron chi connectivity index (χ3n) is 3.90. The van der Waals surface area contributed by atoms with E-state index in [0.29, 0.717) is 6.42 Å². The van der Waals surface area contributed by atoms with E-state index in [0.717, 1.165) is 27.9 Å². The minimum absolute atomic E-state index is 0.197. The van der Waals surface area contributed by atoms with E-state index in [9.17, 15) is 4.79 Å². The molecule has 0 aromatic heterocycles. The number of nitrogens with two attached hydrogens (primary N) is 1. The topological polar surface area (TPSA) is 43.1 Å². The molecule has 1 atom stereocenters. The Hall–Kier alpha value is -2.09. The summed E-state index contributed by atoms with van der Waals surface area (Å²) in [6, 6.07) is 13.7. The van der Waals surface area contributed by atoms with E-state index in [1.54, 1.807) is 0 Å². The molecule has 0 aliphatic rings. The van der Waals surface area contributed by atoms with Gasteiger partial charge in [-0.1, -0.05) is 37.3 Å². The van der Waals surface area contributed by atoms with E-state index >= 15 is 0 Å². The number of carbonyl (C=O) groups is 1. The number of Topliss-reactive ketones (excluding diaryl/α,β-unsaturated/α-hetero) is 1. The van der Waals surface area contributed by atoms with Gasteiger partial charge in [0, 0.05) is 17.7 Å². The summed E-state index contributed by atoms with van der Waals surface area (Å²) >= 11 is 0. The highest BCUT2D eigenvalue weighted by molar-refractivity contribution is 5.98. The van der Waals surface area contributed by atoms with Crippen LogP contribution in [0.15, 0.2) is 42.5 Å².